The minimum atomic E-state index is -2.05. The third kappa shape index (κ3) is 7.52. The van der Waals surface area contributed by atoms with Crippen molar-refractivity contribution in [3.63, 3.8) is 0 Å². The zero-order valence-electron chi connectivity index (χ0n) is 33.6. The number of hydrogen-bond acceptors (Lipinski definition) is 4. The molecule has 0 bridgehead atoms. The number of furan rings is 1. The molecule has 0 atom stereocenters. The SMILES string of the molecule is [2H]C([2H])c1nc(-c2[c-]cccc2)cc(C([2H])([2H])C(C)(C)C)c1[Si](C)(C)C.[Ir].[c-]1ccc2c(oc3ncccc32)c1-c1nc2ccccc2n1-c1ccccc1. The molecular weight excluding hydrogens is 821 g/mol. The molecule has 0 amide bonds. The predicted molar refractivity (Wildman–Crippen MR) is 210 cm³/mol. The Hall–Kier alpha value is -4.68. The molecule has 4 heterocycles. The maximum Gasteiger partial charge on any atom is 0.216 e. The number of hydrogen-bond donors (Lipinski definition) is 0. The quantitative estimate of drug-likeness (QED) is 0.128. The van der Waals surface area contributed by atoms with Gasteiger partial charge in [-0.3, -0.25) is 4.98 Å². The van der Waals surface area contributed by atoms with Crippen LogP contribution in [0.3, 0.4) is 0 Å². The average molecular weight is 867 g/mol. The summed E-state index contributed by atoms with van der Waals surface area (Å²) in [4.78, 5) is 13.9. The molecule has 8 aromatic rings. The van der Waals surface area contributed by atoms with Gasteiger partial charge in [-0.05, 0) is 65.9 Å². The fourth-order valence-electron chi connectivity index (χ4n) is 6.32. The second-order valence-corrected chi connectivity index (χ2v) is 19.4. The van der Waals surface area contributed by atoms with Gasteiger partial charge in [-0.15, -0.1) is 54.1 Å². The van der Waals surface area contributed by atoms with Crippen LogP contribution in [0, 0.1) is 24.4 Å². The van der Waals surface area contributed by atoms with Gasteiger partial charge in [0.1, 0.15) is 0 Å². The number of imidazole rings is 1. The molecule has 4 aromatic carbocycles. The molecule has 51 heavy (non-hydrogen) atoms. The second kappa shape index (κ2) is 14.5. The summed E-state index contributed by atoms with van der Waals surface area (Å²) in [5.41, 5.74) is 6.89. The van der Waals surface area contributed by atoms with E-state index in [9.17, 15) is 0 Å². The number of rotatable bonds is 5. The van der Waals surface area contributed by atoms with Crippen molar-refractivity contribution in [2.24, 2.45) is 5.41 Å². The van der Waals surface area contributed by atoms with E-state index in [1.165, 1.54) is 0 Å². The van der Waals surface area contributed by atoms with Gasteiger partial charge in [-0.2, -0.15) is 0 Å². The Kier molecular flexibility index (Phi) is 8.84. The van der Waals surface area contributed by atoms with Crippen LogP contribution < -0.4 is 5.19 Å². The molecule has 5 nitrogen and oxygen atoms in total. The van der Waals surface area contributed by atoms with Gasteiger partial charge in [0.25, 0.3) is 0 Å². The second-order valence-electron chi connectivity index (χ2n) is 14.4. The van der Waals surface area contributed by atoms with Gasteiger partial charge in [0.15, 0.2) is 0 Å². The van der Waals surface area contributed by atoms with Crippen molar-refractivity contribution >= 4 is 46.4 Å². The van der Waals surface area contributed by atoms with E-state index in [1.807, 2.05) is 106 Å². The molecule has 0 fully saturated rings. The summed E-state index contributed by atoms with van der Waals surface area (Å²) < 4.78 is 42.1. The Morgan fingerprint density at radius 3 is 2.33 bits per heavy atom. The van der Waals surface area contributed by atoms with Crippen molar-refractivity contribution in [1.82, 2.24) is 19.5 Å². The molecule has 4 aromatic heterocycles. The van der Waals surface area contributed by atoms with Crippen molar-refractivity contribution in [2.75, 3.05) is 0 Å². The molecule has 0 aliphatic carbocycles. The number of aryl methyl sites for hydroxylation is 1. The first-order valence-electron chi connectivity index (χ1n) is 18.9. The molecule has 0 aliphatic rings. The maximum absolute atomic E-state index is 8.86. The average Bonchev–Trinajstić information content (AvgIpc) is 3.73. The van der Waals surface area contributed by atoms with Crippen molar-refractivity contribution < 1.29 is 30.0 Å². The molecule has 7 heteroatoms. The molecule has 0 spiro atoms. The summed E-state index contributed by atoms with van der Waals surface area (Å²) in [6.07, 6.45) is 0.131. The van der Waals surface area contributed by atoms with Gasteiger partial charge in [-0.1, -0.05) is 93.3 Å². The molecule has 0 saturated carbocycles. The monoisotopic (exact) mass is 867 g/mol. The predicted octanol–water partition coefficient (Wildman–Crippen LogP) is 10.8. The minimum absolute atomic E-state index is 0. The van der Waals surface area contributed by atoms with Crippen LogP contribution in [0.15, 0.2) is 120 Å². The fraction of sp³-hybridized carbons (Fsp3) is 0.205. The van der Waals surface area contributed by atoms with Crippen molar-refractivity contribution in [3.05, 3.63) is 139 Å². The Morgan fingerprint density at radius 1 is 0.843 bits per heavy atom. The molecule has 259 valence electrons. The minimum Gasteiger partial charge on any atom is -0.486 e. The van der Waals surface area contributed by atoms with Gasteiger partial charge in [0.2, 0.25) is 5.71 Å². The molecule has 8 rings (SSSR count). The standard InChI is InChI=1S/C24H14N3O.C20H28NSi.Ir/c1-2-8-16(9-3-1)27-21-14-5-4-13-20(21)26-23(27)19-11-6-10-17-18-12-7-15-25-24(18)28-22(17)19;1-15-19(22(5,6)7)17(14-20(2,3)4)13-18(21-15)16-11-9-8-10-12-16;/h1-10,12-15H;8-11,13H,14H2,1-7H3;/q2*-1;/i;1D2,14D2;. The summed E-state index contributed by atoms with van der Waals surface area (Å²) in [5, 5.41) is 2.81. The number of nitrogens with zero attached hydrogens (tertiary/aromatic N) is 4. The molecular formula is C44H42IrN4OSi-2. The van der Waals surface area contributed by atoms with Crippen LogP contribution in [-0.2, 0) is 26.5 Å². The van der Waals surface area contributed by atoms with Gasteiger partial charge in [0.05, 0.1) is 30.5 Å². The largest absolute Gasteiger partial charge is 0.486 e. The van der Waals surface area contributed by atoms with E-state index in [0.717, 1.165) is 55.2 Å². The van der Waals surface area contributed by atoms with E-state index in [-0.39, 0.29) is 20.1 Å². The van der Waals surface area contributed by atoms with Crippen molar-refractivity contribution in [2.45, 2.75) is 53.7 Å². The summed E-state index contributed by atoms with van der Waals surface area (Å²) in [7, 11) is -2.05. The van der Waals surface area contributed by atoms with Crippen LogP contribution in [0.4, 0.5) is 0 Å². The van der Waals surface area contributed by atoms with Crippen LogP contribution >= 0.6 is 0 Å². The van der Waals surface area contributed by atoms with Crippen molar-refractivity contribution in [1.29, 1.82) is 0 Å². The Labute approximate surface area is 320 Å². The van der Waals surface area contributed by atoms with Gasteiger partial charge >= 0.3 is 0 Å². The number of benzene rings is 4. The van der Waals surface area contributed by atoms with Crippen LogP contribution in [0.1, 0.15) is 37.5 Å². The van der Waals surface area contributed by atoms with Gasteiger partial charge in [-0.25, -0.2) is 4.98 Å². The van der Waals surface area contributed by atoms with Crippen LogP contribution in [0.2, 0.25) is 19.6 Å². The zero-order chi connectivity index (χ0) is 38.4. The molecule has 0 unspecified atom stereocenters. The first-order chi connectivity index (χ1) is 25.7. The number of fused-ring (bicyclic) bond motifs is 4. The summed E-state index contributed by atoms with van der Waals surface area (Å²) in [6.45, 7) is 10.7. The first kappa shape index (κ1) is 31.1. The third-order valence-electron chi connectivity index (χ3n) is 8.30. The van der Waals surface area contributed by atoms with E-state index < -0.39 is 26.7 Å². The van der Waals surface area contributed by atoms with E-state index in [0.29, 0.717) is 22.7 Å². The topological polar surface area (TPSA) is 56.7 Å². The summed E-state index contributed by atoms with van der Waals surface area (Å²) in [5.74, 6) is 0.803. The molecule has 0 saturated heterocycles. The zero-order valence-corrected chi connectivity index (χ0v) is 33.0. The molecule has 1 radical (unpaired) electrons. The van der Waals surface area contributed by atoms with E-state index in [4.69, 9.17) is 14.9 Å². The summed E-state index contributed by atoms with van der Waals surface area (Å²) in [6, 6.07) is 42.0. The summed E-state index contributed by atoms with van der Waals surface area (Å²) >= 11 is 0. The molecule has 0 N–H and O–H groups in total. The first-order valence-corrected chi connectivity index (χ1v) is 20.3. The van der Waals surface area contributed by atoms with Gasteiger partial charge < -0.3 is 14.0 Å². The Balaban J connectivity index is 0.000000185. The van der Waals surface area contributed by atoms with E-state index in [1.54, 1.807) is 12.3 Å². The Bertz CT molecular complexity index is 2600. The number of aromatic nitrogens is 4. The fourth-order valence-corrected chi connectivity index (χ4v) is 8.09. The Morgan fingerprint density at radius 2 is 1.61 bits per heavy atom. The number of para-hydroxylation sites is 3. The maximum atomic E-state index is 8.86. The van der Waals surface area contributed by atoms with Crippen LogP contribution in [-0.4, -0.2) is 27.6 Å². The van der Waals surface area contributed by atoms with Gasteiger partial charge in [0, 0.05) is 48.6 Å². The van der Waals surface area contributed by atoms with Crippen LogP contribution in [0.5, 0.6) is 0 Å². The normalized spacial score (nSPS) is 13.2. The number of pyridine rings is 2. The molecule has 0 aliphatic heterocycles. The van der Waals surface area contributed by atoms with E-state index in [2.05, 4.69) is 64.5 Å². The smallest absolute Gasteiger partial charge is 0.216 e. The van der Waals surface area contributed by atoms with Crippen LogP contribution in [0.25, 0.3) is 61.4 Å². The van der Waals surface area contributed by atoms with Crippen molar-refractivity contribution in [3.8, 4) is 28.3 Å². The third-order valence-corrected chi connectivity index (χ3v) is 10.3. The van der Waals surface area contributed by atoms with E-state index >= 15 is 0 Å².